The van der Waals surface area contributed by atoms with Crippen molar-refractivity contribution < 1.29 is 9.59 Å². The lowest BCUT2D eigenvalue weighted by Crippen LogP contribution is -2.00. The first-order valence-corrected chi connectivity index (χ1v) is 8.84. The summed E-state index contributed by atoms with van der Waals surface area (Å²) in [5.41, 5.74) is 14.0. The third kappa shape index (κ3) is 6.42. The number of carbonyl (C=O) groups excluding carboxylic acids is 2. The highest BCUT2D eigenvalue weighted by atomic mass is 16.1. The number of hydrogen-bond donors (Lipinski definition) is 2. The Morgan fingerprint density at radius 1 is 0.560 bits per heavy atom. The summed E-state index contributed by atoms with van der Waals surface area (Å²) in [4.78, 5) is 24.0. The fourth-order valence-corrected chi connectivity index (χ4v) is 2.73. The molecule has 0 bridgehead atoms. The zero-order chi connectivity index (χ0) is 18.1. The summed E-state index contributed by atoms with van der Waals surface area (Å²) in [7, 11) is 0. The van der Waals surface area contributed by atoms with Crippen LogP contribution in [0.15, 0.2) is 48.5 Å². The van der Waals surface area contributed by atoms with Gasteiger partial charge in [-0.1, -0.05) is 19.3 Å². The lowest BCUT2D eigenvalue weighted by molar-refractivity contribution is 0.0973. The van der Waals surface area contributed by atoms with Crippen molar-refractivity contribution in [2.45, 2.75) is 44.9 Å². The molecule has 0 aliphatic rings. The largest absolute Gasteiger partial charge is 0.399 e. The molecule has 0 spiro atoms. The van der Waals surface area contributed by atoms with Crippen molar-refractivity contribution in [3.63, 3.8) is 0 Å². The third-order valence-electron chi connectivity index (χ3n) is 4.27. The number of unbranched alkanes of at least 4 members (excludes halogenated alkanes) is 4. The highest BCUT2D eigenvalue weighted by molar-refractivity contribution is 5.96. The van der Waals surface area contributed by atoms with Crippen LogP contribution in [0.1, 0.15) is 65.7 Å². The molecule has 4 N–H and O–H groups in total. The Morgan fingerprint density at radius 2 is 0.880 bits per heavy atom. The summed E-state index contributed by atoms with van der Waals surface area (Å²) in [6, 6.07) is 14.1. The van der Waals surface area contributed by atoms with Gasteiger partial charge in [-0.3, -0.25) is 9.59 Å². The van der Waals surface area contributed by atoms with Crippen LogP contribution in [0.5, 0.6) is 0 Å². The minimum atomic E-state index is 0.165. The maximum Gasteiger partial charge on any atom is 0.162 e. The molecule has 0 fully saturated rings. The van der Waals surface area contributed by atoms with Crippen molar-refractivity contribution in [3.8, 4) is 0 Å². The molecule has 0 saturated carbocycles. The number of ketones is 2. The average Bonchev–Trinajstić information content (AvgIpc) is 2.61. The van der Waals surface area contributed by atoms with E-state index < -0.39 is 0 Å². The van der Waals surface area contributed by atoms with Crippen LogP contribution in [0.25, 0.3) is 0 Å². The number of nitrogens with two attached hydrogens (primary N) is 2. The van der Waals surface area contributed by atoms with E-state index in [0.717, 1.165) is 43.2 Å². The first-order valence-electron chi connectivity index (χ1n) is 8.84. The van der Waals surface area contributed by atoms with Gasteiger partial charge in [-0.05, 0) is 61.4 Å². The summed E-state index contributed by atoms with van der Waals surface area (Å²) in [5, 5.41) is 0. The minimum Gasteiger partial charge on any atom is -0.399 e. The van der Waals surface area contributed by atoms with Gasteiger partial charge in [0.05, 0.1) is 0 Å². The van der Waals surface area contributed by atoms with E-state index >= 15 is 0 Å². The van der Waals surface area contributed by atoms with Gasteiger partial charge in [-0.2, -0.15) is 0 Å². The predicted octanol–water partition coefficient (Wildman–Crippen LogP) is 4.65. The summed E-state index contributed by atoms with van der Waals surface area (Å²) in [5.74, 6) is 0.331. The maximum atomic E-state index is 12.0. The fraction of sp³-hybridized carbons (Fsp3) is 0.333. The van der Waals surface area contributed by atoms with E-state index in [2.05, 4.69) is 0 Å². The Kier molecular flexibility index (Phi) is 7.20. The van der Waals surface area contributed by atoms with Crippen LogP contribution in [-0.4, -0.2) is 11.6 Å². The van der Waals surface area contributed by atoms with Gasteiger partial charge in [-0.15, -0.1) is 0 Å². The highest BCUT2D eigenvalue weighted by Crippen LogP contribution is 2.14. The van der Waals surface area contributed by atoms with Crippen molar-refractivity contribution in [1.82, 2.24) is 0 Å². The molecule has 2 aromatic rings. The molecule has 0 aliphatic heterocycles. The molecule has 2 rings (SSSR count). The Morgan fingerprint density at radius 3 is 1.24 bits per heavy atom. The highest BCUT2D eigenvalue weighted by Gasteiger charge is 2.06. The van der Waals surface area contributed by atoms with Crippen molar-refractivity contribution in [1.29, 1.82) is 0 Å². The number of carbonyl (C=O) groups is 2. The topological polar surface area (TPSA) is 86.2 Å². The van der Waals surface area contributed by atoms with Gasteiger partial charge in [0, 0.05) is 35.3 Å². The van der Waals surface area contributed by atoms with Crippen LogP contribution in [0.2, 0.25) is 0 Å². The van der Waals surface area contributed by atoms with Crippen molar-refractivity contribution in [2.24, 2.45) is 0 Å². The molecular formula is C21H26N2O2. The number of rotatable bonds is 10. The van der Waals surface area contributed by atoms with E-state index in [4.69, 9.17) is 11.5 Å². The van der Waals surface area contributed by atoms with Crippen LogP contribution in [0, 0.1) is 0 Å². The monoisotopic (exact) mass is 338 g/mol. The number of benzene rings is 2. The van der Waals surface area contributed by atoms with E-state index in [1.807, 2.05) is 0 Å². The van der Waals surface area contributed by atoms with Crippen molar-refractivity contribution in [3.05, 3.63) is 59.7 Å². The van der Waals surface area contributed by atoms with E-state index in [0.29, 0.717) is 24.2 Å². The Labute approximate surface area is 149 Å². The van der Waals surface area contributed by atoms with Gasteiger partial charge in [0.15, 0.2) is 11.6 Å². The number of Topliss-reactive ketones (excluding diaryl/α,β-unsaturated/α-hetero) is 2. The second-order valence-corrected chi connectivity index (χ2v) is 6.36. The van der Waals surface area contributed by atoms with Crippen molar-refractivity contribution >= 4 is 22.9 Å². The van der Waals surface area contributed by atoms with Gasteiger partial charge < -0.3 is 11.5 Å². The molecule has 25 heavy (non-hydrogen) atoms. The average molecular weight is 338 g/mol. The number of hydrogen-bond acceptors (Lipinski definition) is 4. The zero-order valence-corrected chi connectivity index (χ0v) is 14.5. The zero-order valence-electron chi connectivity index (χ0n) is 14.5. The lowest BCUT2D eigenvalue weighted by atomic mass is 10.0. The predicted molar refractivity (Wildman–Crippen MR) is 103 cm³/mol. The van der Waals surface area contributed by atoms with Crippen LogP contribution in [-0.2, 0) is 0 Å². The van der Waals surface area contributed by atoms with Crippen LogP contribution in [0.3, 0.4) is 0 Å². The number of anilines is 2. The molecule has 0 unspecified atom stereocenters. The molecule has 0 saturated heterocycles. The minimum absolute atomic E-state index is 0.165. The second-order valence-electron chi connectivity index (χ2n) is 6.36. The van der Waals surface area contributed by atoms with Crippen LogP contribution >= 0.6 is 0 Å². The van der Waals surface area contributed by atoms with Gasteiger partial charge in [-0.25, -0.2) is 0 Å². The molecule has 132 valence electrons. The van der Waals surface area contributed by atoms with Crippen molar-refractivity contribution in [2.75, 3.05) is 11.5 Å². The summed E-state index contributed by atoms with van der Waals surface area (Å²) >= 11 is 0. The van der Waals surface area contributed by atoms with E-state index in [1.165, 1.54) is 0 Å². The smallest absolute Gasteiger partial charge is 0.162 e. The molecule has 4 heteroatoms. The summed E-state index contributed by atoms with van der Waals surface area (Å²) < 4.78 is 0. The molecular weight excluding hydrogens is 312 g/mol. The Bertz CT molecular complexity index is 629. The third-order valence-corrected chi connectivity index (χ3v) is 4.27. The fourth-order valence-electron chi connectivity index (χ4n) is 2.73. The molecule has 0 aromatic heterocycles. The first-order chi connectivity index (χ1) is 12.1. The first kappa shape index (κ1) is 18.7. The lowest BCUT2D eigenvalue weighted by Gasteiger charge is -2.04. The summed E-state index contributed by atoms with van der Waals surface area (Å²) in [6.45, 7) is 0. The van der Waals surface area contributed by atoms with E-state index in [9.17, 15) is 9.59 Å². The maximum absolute atomic E-state index is 12.0. The quantitative estimate of drug-likeness (QED) is 0.375. The van der Waals surface area contributed by atoms with Gasteiger partial charge >= 0.3 is 0 Å². The molecule has 0 radical (unpaired) electrons. The molecule has 0 heterocycles. The summed E-state index contributed by atoms with van der Waals surface area (Å²) in [6.07, 6.45) is 5.96. The van der Waals surface area contributed by atoms with E-state index in [-0.39, 0.29) is 11.6 Å². The second kappa shape index (κ2) is 9.62. The van der Waals surface area contributed by atoms with Gasteiger partial charge in [0.25, 0.3) is 0 Å². The molecule has 0 aliphatic carbocycles. The Hall–Kier alpha value is -2.62. The van der Waals surface area contributed by atoms with Crippen LogP contribution in [0.4, 0.5) is 11.4 Å². The molecule has 0 atom stereocenters. The van der Waals surface area contributed by atoms with Gasteiger partial charge in [0.2, 0.25) is 0 Å². The normalized spacial score (nSPS) is 10.6. The number of nitrogen functional groups attached to an aromatic ring is 2. The molecule has 4 nitrogen and oxygen atoms in total. The SMILES string of the molecule is Nc1ccc(C(=O)CCCCCCCC(=O)c2ccc(N)cc2)cc1. The van der Waals surface area contributed by atoms with Crippen LogP contribution < -0.4 is 11.5 Å². The molecule has 2 aromatic carbocycles. The molecule has 0 amide bonds. The Balaban J connectivity index is 1.56. The standard InChI is InChI=1S/C21H26N2O2/c22-18-12-8-16(9-13-18)20(24)6-4-2-1-3-5-7-21(25)17-10-14-19(23)15-11-17/h8-15H,1-7,22-23H2. The van der Waals surface area contributed by atoms with E-state index in [1.54, 1.807) is 48.5 Å². The van der Waals surface area contributed by atoms with Gasteiger partial charge in [0.1, 0.15) is 0 Å².